The van der Waals surface area contributed by atoms with Crippen molar-refractivity contribution < 1.29 is 14.3 Å². The van der Waals surface area contributed by atoms with Crippen LogP contribution >= 0.6 is 0 Å². The summed E-state index contributed by atoms with van der Waals surface area (Å²) in [5.41, 5.74) is 3.03. The number of aryl methyl sites for hydroxylation is 1. The molecule has 2 aromatic rings. The standard InChI is InChI=1S/C23H27NO3/c1-3-17-6-8-19(9-7-17)22(25)14-15-23(26)24-16-4-5-21(24)18-10-12-20(27-2)13-11-18/h6-13,21H,3-5,14-16H2,1-2H3/t21-/m0/s1. The molecular weight excluding hydrogens is 338 g/mol. The number of carbonyl (C=O) groups is 2. The molecule has 1 heterocycles. The first kappa shape index (κ1) is 19.2. The molecular formula is C23H27NO3. The van der Waals surface area contributed by atoms with E-state index < -0.39 is 0 Å². The second kappa shape index (κ2) is 8.85. The van der Waals surface area contributed by atoms with Crippen molar-refractivity contribution in [2.45, 2.75) is 45.1 Å². The van der Waals surface area contributed by atoms with Crippen LogP contribution in [0.2, 0.25) is 0 Å². The van der Waals surface area contributed by atoms with E-state index in [1.54, 1.807) is 7.11 Å². The molecule has 0 spiro atoms. The minimum atomic E-state index is 0.0335. The first-order valence-corrected chi connectivity index (χ1v) is 9.68. The van der Waals surface area contributed by atoms with Crippen molar-refractivity contribution in [2.24, 2.45) is 0 Å². The summed E-state index contributed by atoms with van der Waals surface area (Å²) >= 11 is 0. The highest BCUT2D eigenvalue weighted by Gasteiger charge is 2.29. The minimum Gasteiger partial charge on any atom is -0.497 e. The second-order valence-electron chi connectivity index (χ2n) is 6.99. The lowest BCUT2D eigenvalue weighted by Gasteiger charge is -2.25. The molecule has 0 N–H and O–H groups in total. The van der Waals surface area contributed by atoms with Crippen LogP contribution in [0.4, 0.5) is 0 Å². The Morgan fingerprint density at radius 3 is 2.37 bits per heavy atom. The lowest BCUT2D eigenvalue weighted by atomic mass is 10.0. The fourth-order valence-corrected chi connectivity index (χ4v) is 3.67. The van der Waals surface area contributed by atoms with Gasteiger partial charge in [0.2, 0.25) is 5.91 Å². The van der Waals surface area contributed by atoms with Gasteiger partial charge in [0.05, 0.1) is 13.2 Å². The summed E-state index contributed by atoms with van der Waals surface area (Å²) in [7, 11) is 1.65. The molecule has 1 atom stereocenters. The quantitative estimate of drug-likeness (QED) is 0.675. The maximum Gasteiger partial charge on any atom is 0.223 e. The smallest absolute Gasteiger partial charge is 0.223 e. The van der Waals surface area contributed by atoms with E-state index in [1.165, 1.54) is 5.56 Å². The third-order valence-corrected chi connectivity index (χ3v) is 5.32. The van der Waals surface area contributed by atoms with Crippen molar-refractivity contribution in [1.29, 1.82) is 0 Å². The van der Waals surface area contributed by atoms with E-state index in [4.69, 9.17) is 4.74 Å². The molecule has 2 aromatic carbocycles. The number of Topliss-reactive ketones (excluding diaryl/α,β-unsaturated/α-hetero) is 1. The van der Waals surface area contributed by atoms with Gasteiger partial charge >= 0.3 is 0 Å². The number of hydrogen-bond donors (Lipinski definition) is 0. The number of rotatable bonds is 7. The minimum absolute atomic E-state index is 0.0335. The number of likely N-dealkylation sites (tertiary alicyclic amines) is 1. The van der Waals surface area contributed by atoms with E-state index in [0.29, 0.717) is 5.56 Å². The summed E-state index contributed by atoms with van der Waals surface area (Å²) in [6, 6.07) is 15.7. The van der Waals surface area contributed by atoms with Crippen LogP contribution in [0, 0.1) is 0 Å². The van der Waals surface area contributed by atoms with Crippen LogP contribution in [0.25, 0.3) is 0 Å². The number of benzene rings is 2. The van der Waals surface area contributed by atoms with Gasteiger partial charge in [-0.2, -0.15) is 0 Å². The van der Waals surface area contributed by atoms with Gasteiger partial charge in [-0.3, -0.25) is 9.59 Å². The fourth-order valence-electron chi connectivity index (χ4n) is 3.67. The van der Waals surface area contributed by atoms with Crippen LogP contribution in [0.15, 0.2) is 48.5 Å². The van der Waals surface area contributed by atoms with E-state index in [2.05, 4.69) is 6.92 Å². The Balaban J connectivity index is 1.59. The summed E-state index contributed by atoms with van der Waals surface area (Å²) in [6.45, 7) is 2.85. The number of ketones is 1. The molecule has 1 fully saturated rings. The Hall–Kier alpha value is -2.62. The molecule has 1 amide bonds. The summed E-state index contributed by atoms with van der Waals surface area (Å²) < 4.78 is 5.21. The third-order valence-electron chi connectivity index (χ3n) is 5.32. The van der Waals surface area contributed by atoms with Gasteiger partial charge in [-0.05, 0) is 42.5 Å². The molecule has 0 saturated carbocycles. The molecule has 0 aromatic heterocycles. The molecule has 1 saturated heterocycles. The lowest BCUT2D eigenvalue weighted by Crippen LogP contribution is -2.30. The number of carbonyl (C=O) groups excluding carboxylic acids is 2. The number of hydrogen-bond acceptors (Lipinski definition) is 3. The highest BCUT2D eigenvalue weighted by Crippen LogP contribution is 2.33. The molecule has 4 heteroatoms. The molecule has 0 radical (unpaired) electrons. The molecule has 4 nitrogen and oxygen atoms in total. The maximum absolute atomic E-state index is 12.7. The Morgan fingerprint density at radius 1 is 1.04 bits per heavy atom. The zero-order valence-electron chi connectivity index (χ0n) is 16.1. The van der Waals surface area contributed by atoms with Crippen molar-refractivity contribution in [3.8, 4) is 5.75 Å². The van der Waals surface area contributed by atoms with E-state index in [-0.39, 0.29) is 30.6 Å². The van der Waals surface area contributed by atoms with Crippen molar-refractivity contribution in [2.75, 3.05) is 13.7 Å². The summed E-state index contributed by atoms with van der Waals surface area (Å²) in [4.78, 5) is 27.1. The predicted molar refractivity (Wildman–Crippen MR) is 106 cm³/mol. The Morgan fingerprint density at radius 2 is 1.74 bits per heavy atom. The van der Waals surface area contributed by atoms with Gasteiger partial charge in [-0.1, -0.05) is 43.3 Å². The summed E-state index contributed by atoms with van der Waals surface area (Å²) in [5, 5.41) is 0. The van der Waals surface area contributed by atoms with Crippen molar-refractivity contribution in [3.05, 3.63) is 65.2 Å². The van der Waals surface area contributed by atoms with Crippen LogP contribution < -0.4 is 4.74 Å². The predicted octanol–water partition coefficient (Wildman–Crippen LogP) is 4.58. The Bertz CT molecular complexity index is 780. The SMILES string of the molecule is CCc1ccc(C(=O)CCC(=O)N2CCC[C@H]2c2ccc(OC)cc2)cc1. The van der Waals surface area contributed by atoms with Crippen LogP contribution in [0.1, 0.15) is 60.1 Å². The highest BCUT2D eigenvalue weighted by atomic mass is 16.5. The van der Waals surface area contributed by atoms with Gasteiger partial charge in [0, 0.05) is 24.9 Å². The van der Waals surface area contributed by atoms with Crippen molar-refractivity contribution in [3.63, 3.8) is 0 Å². The number of methoxy groups -OCH3 is 1. The Labute approximate surface area is 161 Å². The van der Waals surface area contributed by atoms with E-state index in [1.807, 2.05) is 53.4 Å². The maximum atomic E-state index is 12.7. The van der Waals surface area contributed by atoms with Gasteiger partial charge in [0.1, 0.15) is 5.75 Å². The molecule has 0 bridgehead atoms. The summed E-state index contributed by atoms with van der Waals surface area (Å²) in [6.07, 6.45) is 3.44. The van der Waals surface area contributed by atoms with Gasteiger partial charge in [-0.15, -0.1) is 0 Å². The number of amides is 1. The number of ether oxygens (including phenoxy) is 1. The molecule has 0 unspecified atom stereocenters. The average Bonchev–Trinajstić information content (AvgIpc) is 3.22. The van der Waals surface area contributed by atoms with Crippen LogP contribution in [0.3, 0.4) is 0 Å². The van der Waals surface area contributed by atoms with Gasteiger partial charge < -0.3 is 9.64 Å². The topological polar surface area (TPSA) is 46.6 Å². The highest BCUT2D eigenvalue weighted by molar-refractivity contribution is 5.98. The van der Waals surface area contributed by atoms with Crippen molar-refractivity contribution in [1.82, 2.24) is 4.90 Å². The Kier molecular flexibility index (Phi) is 6.28. The molecule has 3 rings (SSSR count). The van der Waals surface area contributed by atoms with E-state index >= 15 is 0 Å². The lowest BCUT2D eigenvalue weighted by molar-refractivity contribution is -0.132. The van der Waals surface area contributed by atoms with Crippen LogP contribution in [-0.4, -0.2) is 30.2 Å². The molecule has 1 aliphatic heterocycles. The molecule has 0 aliphatic carbocycles. The number of nitrogens with zero attached hydrogens (tertiary/aromatic N) is 1. The van der Waals surface area contributed by atoms with E-state index in [9.17, 15) is 9.59 Å². The summed E-state index contributed by atoms with van der Waals surface area (Å²) in [5.74, 6) is 0.910. The monoisotopic (exact) mass is 365 g/mol. The van der Waals surface area contributed by atoms with Gasteiger partial charge in [0.15, 0.2) is 5.78 Å². The zero-order chi connectivity index (χ0) is 19.2. The molecule has 142 valence electrons. The van der Waals surface area contributed by atoms with Crippen molar-refractivity contribution >= 4 is 11.7 Å². The average molecular weight is 365 g/mol. The van der Waals surface area contributed by atoms with Crippen LogP contribution in [0.5, 0.6) is 5.75 Å². The van der Waals surface area contributed by atoms with Gasteiger partial charge in [-0.25, -0.2) is 0 Å². The first-order chi connectivity index (χ1) is 13.1. The third kappa shape index (κ3) is 4.57. The molecule has 1 aliphatic rings. The van der Waals surface area contributed by atoms with Gasteiger partial charge in [0.25, 0.3) is 0 Å². The van der Waals surface area contributed by atoms with Crippen LogP contribution in [-0.2, 0) is 11.2 Å². The zero-order valence-corrected chi connectivity index (χ0v) is 16.1. The fraction of sp³-hybridized carbons (Fsp3) is 0.391. The second-order valence-corrected chi connectivity index (χ2v) is 6.99. The first-order valence-electron chi connectivity index (χ1n) is 9.68. The van der Waals surface area contributed by atoms with E-state index in [0.717, 1.165) is 37.1 Å². The normalized spacial score (nSPS) is 16.4. The molecule has 27 heavy (non-hydrogen) atoms. The largest absolute Gasteiger partial charge is 0.497 e.